The third-order valence-corrected chi connectivity index (χ3v) is 7.63. The molecule has 36 heavy (non-hydrogen) atoms. The van der Waals surface area contributed by atoms with Gasteiger partial charge in [0.15, 0.2) is 16.6 Å². The van der Waals surface area contributed by atoms with Crippen molar-refractivity contribution in [1.29, 1.82) is 0 Å². The number of benzene rings is 3. The molecule has 0 aromatic heterocycles. The Morgan fingerprint density at radius 3 is 2.28 bits per heavy atom. The van der Waals surface area contributed by atoms with Crippen molar-refractivity contribution in [2.75, 3.05) is 12.4 Å². The number of methoxy groups -OCH3 is 1. The monoisotopic (exact) mass is 651 g/mol. The number of hydrogen-bond acceptors (Lipinski definition) is 5. The zero-order valence-corrected chi connectivity index (χ0v) is 22.5. The fraction of sp³-hybridized carbons (Fsp3) is 0.174. The maximum absolute atomic E-state index is 12.7. The highest BCUT2D eigenvalue weighted by Crippen LogP contribution is 2.31. The zero-order valence-electron chi connectivity index (χ0n) is 18.7. The van der Waals surface area contributed by atoms with E-state index >= 15 is 0 Å². The highest BCUT2D eigenvalue weighted by Gasteiger charge is 2.29. The van der Waals surface area contributed by atoms with Gasteiger partial charge in [-0.1, -0.05) is 12.1 Å². The standard InChI is InChI=1S/C23H21F3IN3O4S2/c1-34-21-10-15(19(27)11-20(21)31)13-29-36(32,33)18-8-6-17(7-9-18)30-22(35)28-12-14-2-4-16(5-3-14)23(24,25)26/h2-11,29,31H,12-13H2,1H3,(H2,28,30,35). The molecule has 4 N–H and O–H groups in total. The molecule has 192 valence electrons. The van der Waals surface area contributed by atoms with Gasteiger partial charge < -0.3 is 20.5 Å². The van der Waals surface area contributed by atoms with Crippen LogP contribution < -0.4 is 20.1 Å². The largest absolute Gasteiger partial charge is 0.504 e. The Labute approximate surface area is 225 Å². The van der Waals surface area contributed by atoms with Gasteiger partial charge in [-0.05, 0) is 94.5 Å². The quantitative estimate of drug-likeness (QED) is 0.201. The van der Waals surface area contributed by atoms with Gasteiger partial charge in [-0.3, -0.25) is 0 Å². The Morgan fingerprint density at radius 2 is 1.69 bits per heavy atom. The van der Waals surface area contributed by atoms with E-state index in [2.05, 4.69) is 15.4 Å². The first-order valence-corrected chi connectivity index (χ1v) is 13.2. The highest BCUT2D eigenvalue weighted by molar-refractivity contribution is 14.1. The Kier molecular flexibility index (Phi) is 9.03. The minimum absolute atomic E-state index is 0.00476. The molecule has 0 aliphatic carbocycles. The van der Waals surface area contributed by atoms with Gasteiger partial charge in [0.1, 0.15) is 0 Å². The van der Waals surface area contributed by atoms with E-state index in [0.29, 0.717) is 20.4 Å². The van der Waals surface area contributed by atoms with Crippen LogP contribution in [0.5, 0.6) is 11.5 Å². The average molecular weight is 651 g/mol. The summed E-state index contributed by atoms with van der Waals surface area (Å²) in [5.41, 5.74) is 1.04. The van der Waals surface area contributed by atoms with E-state index in [9.17, 15) is 26.7 Å². The predicted molar refractivity (Wildman–Crippen MR) is 142 cm³/mol. The third kappa shape index (κ3) is 7.44. The number of phenols is 1. The minimum atomic E-state index is -4.39. The van der Waals surface area contributed by atoms with Crippen molar-refractivity contribution < 1.29 is 31.4 Å². The Balaban J connectivity index is 1.56. The van der Waals surface area contributed by atoms with Gasteiger partial charge in [0, 0.05) is 22.3 Å². The van der Waals surface area contributed by atoms with Crippen LogP contribution in [0.25, 0.3) is 0 Å². The van der Waals surface area contributed by atoms with Crippen LogP contribution in [0.3, 0.4) is 0 Å². The molecular weight excluding hydrogens is 630 g/mol. The smallest absolute Gasteiger partial charge is 0.416 e. The van der Waals surface area contributed by atoms with Crippen LogP contribution in [0.1, 0.15) is 16.7 Å². The van der Waals surface area contributed by atoms with Crippen molar-refractivity contribution in [2.45, 2.75) is 24.2 Å². The maximum atomic E-state index is 12.7. The average Bonchev–Trinajstić information content (AvgIpc) is 2.82. The second-order valence-corrected chi connectivity index (χ2v) is 10.8. The number of hydrogen-bond donors (Lipinski definition) is 4. The molecule has 3 rings (SSSR count). The molecule has 0 aliphatic heterocycles. The predicted octanol–water partition coefficient (Wildman–Crippen LogP) is 4.99. The molecule has 3 aromatic carbocycles. The lowest BCUT2D eigenvalue weighted by atomic mass is 10.1. The molecule has 0 unspecified atom stereocenters. The Morgan fingerprint density at radius 1 is 1.06 bits per heavy atom. The molecular formula is C23H21F3IN3O4S2. The molecule has 0 radical (unpaired) electrons. The van der Waals surface area contributed by atoms with Crippen molar-refractivity contribution >= 4 is 55.6 Å². The van der Waals surface area contributed by atoms with E-state index in [4.69, 9.17) is 17.0 Å². The molecule has 0 aliphatic rings. The normalized spacial score (nSPS) is 11.7. The summed E-state index contributed by atoms with van der Waals surface area (Å²) in [6, 6.07) is 13.7. The van der Waals surface area contributed by atoms with Gasteiger partial charge in [-0.25, -0.2) is 13.1 Å². The number of aromatic hydroxyl groups is 1. The molecule has 13 heteroatoms. The molecule has 0 saturated carbocycles. The van der Waals surface area contributed by atoms with E-state index < -0.39 is 21.8 Å². The number of ether oxygens (including phenoxy) is 1. The number of nitrogens with one attached hydrogen (secondary N) is 3. The lowest BCUT2D eigenvalue weighted by molar-refractivity contribution is -0.137. The van der Waals surface area contributed by atoms with Crippen LogP contribution in [0.4, 0.5) is 18.9 Å². The fourth-order valence-electron chi connectivity index (χ4n) is 3.03. The number of anilines is 1. The summed E-state index contributed by atoms with van der Waals surface area (Å²) < 4.78 is 71.6. The molecule has 0 saturated heterocycles. The molecule has 0 bridgehead atoms. The van der Waals surface area contributed by atoms with Crippen LogP contribution in [0, 0.1) is 3.57 Å². The first-order chi connectivity index (χ1) is 16.9. The van der Waals surface area contributed by atoms with Gasteiger partial charge in [-0.15, -0.1) is 0 Å². The van der Waals surface area contributed by atoms with Crippen molar-refractivity contribution in [3.05, 3.63) is 80.9 Å². The van der Waals surface area contributed by atoms with Gasteiger partial charge in [0.25, 0.3) is 0 Å². The van der Waals surface area contributed by atoms with Crippen LogP contribution >= 0.6 is 34.8 Å². The summed E-state index contributed by atoms with van der Waals surface area (Å²) in [6.45, 7) is 0.205. The Bertz CT molecular complexity index is 1330. The second kappa shape index (κ2) is 11.6. The molecule has 7 nitrogen and oxygen atoms in total. The van der Waals surface area contributed by atoms with Gasteiger partial charge >= 0.3 is 6.18 Å². The topological polar surface area (TPSA) is 99.7 Å². The van der Waals surface area contributed by atoms with E-state index in [1.807, 2.05) is 22.6 Å². The summed E-state index contributed by atoms with van der Waals surface area (Å²) in [7, 11) is -2.42. The first-order valence-electron chi connectivity index (χ1n) is 10.2. The number of alkyl halides is 3. The molecule has 0 spiro atoms. The summed E-state index contributed by atoms with van der Waals surface area (Å²) in [5, 5.41) is 15.8. The van der Waals surface area contributed by atoms with Crippen LogP contribution in [0.2, 0.25) is 0 Å². The zero-order chi connectivity index (χ0) is 26.5. The van der Waals surface area contributed by atoms with Crippen molar-refractivity contribution in [3.63, 3.8) is 0 Å². The summed E-state index contributed by atoms with van der Waals surface area (Å²) in [4.78, 5) is 0.0393. The molecule has 0 amide bonds. The molecule has 3 aromatic rings. The minimum Gasteiger partial charge on any atom is -0.504 e. The molecule has 0 atom stereocenters. The SMILES string of the molecule is COc1cc(CNS(=O)(=O)c2ccc(NC(=S)NCc3ccc(C(F)(F)F)cc3)cc2)c(I)cc1O. The molecule has 0 fully saturated rings. The van der Waals surface area contributed by atoms with Crippen LogP contribution in [-0.2, 0) is 29.3 Å². The number of halogens is 4. The van der Waals surface area contributed by atoms with E-state index in [0.717, 1.165) is 12.1 Å². The fourth-order valence-corrected chi connectivity index (χ4v) is 4.86. The summed E-state index contributed by atoms with van der Waals surface area (Å²) >= 11 is 7.20. The van der Waals surface area contributed by atoms with Gasteiger partial charge in [0.2, 0.25) is 10.0 Å². The number of rotatable bonds is 8. The van der Waals surface area contributed by atoms with E-state index in [1.54, 1.807) is 6.07 Å². The number of sulfonamides is 1. The van der Waals surface area contributed by atoms with Crippen LogP contribution in [-0.4, -0.2) is 25.7 Å². The van der Waals surface area contributed by atoms with E-state index in [1.165, 1.54) is 49.6 Å². The first kappa shape index (κ1) is 28.0. The van der Waals surface area contributed by atoms with Gasteiger partial charge in [0.05, 0.1) is 17.6 Å². The lowest BCUT2D eigenvalue weighted by Crippen LogP contribution is -2.28. The van der Waals surface area contributed by atoms with Crippen molar-refractivity contribution in [3.8, 4) is 11.5 Å². The third-order valence-electron chi connectivity index (χ3n) is 4.96. The second-order valence-electron chi connectivity index (χ2n) is 7.47. The van der Waals surface area contributed by atoms with E-state index in [-0.39, 0.29) is 34.6 Å². The van der Waals surface area contributed by atoms with Gasteiger partial charge in [-0.2, -0.15) is 13.2 Å². The van der Waals surface area contributed by atoms with Crippen molar-refractivity contribution in [2.24, 2.45) is 0 Å². The molecule has 0 heterocycles. The van der Waals surface area contributed by atoms with Crippen molar-refractivity contribution in [1.82, 2.24) is 10.0 Å². The summed E-state index contributed by atoms with van der Waals surface area (Å²) in [5.74, 6) is 0.200. The number of thiocarbonyl (C=S) groups is 1. The highest BCUT2D eigenvalue weighted by atomic mass is 127. The number of phenolic OH excluding ortho intramolecular Hbond substituents is 1. The van der Waals surface area contributed by atoms with Crippen LogP contribution in [0.15, 0.2) is 65.6 Å². The lowest BCUT2D eigenvalue weighted by Gasteiger charge is -2.13. The summed E-state index contributed by atoms with van der Waals surface area (Å²) in [6.07, 6.45) is -4.39. The Hall–Kier alpha value is -2.62. The maximum Gasteiger partial charge on any atom is 0.416 e.